The van der Waals surface area contributed by atoms with E-state index in [1.165, 1.54) is 23.5 Å². The lowest BCUT2D eigenvalue weighted by atomic mass is 9.94. The number of methoxy groups -OCH3 is 1. The Bertz CT molecular complexity index is 1020. The maximum atomic E-state index is 13.2. The molecule has 6 nitrogen and oxygen atoms in total. The third-order valence-electron chi connectivity index (χ3n) is 4.91. The van der Waals surface area contributed by atoms with Crippen molar-refractivity contribution in [2.75, 3.05) is 19.0 Å². The third kappa shape index (κ3) is 4.14. The van der Waals surface area contributed by atoms with Crippen LogP contribution in [0.4, 0.5) is 9.52 Å². The maximum absolute atomic E-state index is 13.2. The highest BCUT2D eigenvalue weighted by Gasteiger charge is 2.34. The van der Waals surface area contributed by atoms with Gasteiger partial charge in [-0.2, -0.15) is 0 Å². The van der Waals surface area contributed by atoms with Crippen molar-refractivity contribution in [1.82, 2.24) is 15.8 Å². The number of carbonyl (C=O) groups excluding carboxylic acids is 1. The fraction of sp³-hybridized carbons (Fsp3) is 0.238. The lowest BCUT2D eigenvalue weighted by Gasteiger charge is -2.17. The predicted octanol–water partition coefficient (Wildman–Crippen LogP) is 3.67. The predicted molar refractivity (Wildman–Crippen MR) is 111 cm³/mol. The van der Waals surface area contributed by atoms with E-state index < -0.39 is 0 Å². The zero-order valence-electron chi connectivity index (χ0n) is 16.0. The van der Waals surface area contributed by atoms with Crippen LogP contribution in [0.2, 0.25) is 0 Å². The van der Waals surface area contributed by atoms with E-state index in [9.17, 15) is 9.18 Å². The Kier molecular flexibility index (Phi) is 5.57. The highest BCUT2D eigenvalue weighted by molar-refractivity contribution is 7.14. The molecule has 3 N–H and O–H groups in total. The van der Waals surface area contributed by atoms with E-state index in [0.29, 0.717) is 11.7 Å². The molecule has 29 heavy (non-hydrogen) atoms. The van der Waals surface area contributed by atoms with Crippen LogP contribution in [0.15, 0.2) is 47.8 Å². The Morgan fingerprint density at radius 3 is 2.83 bits per heavy atom. The largest absolute Gasteiger partial charge is 0.496 e. The number of benzene rings is 2. The van der Waals surface area contributed by atoms with Crippen LogP contribution in [-0.4, -0.2) is 24.5 Å². The number of halogens is 1. The summed E-state index contributed by atoms with van der Waals surface area (Å²) < 4.78 is 18.6. The van der Waals surface area contributed by atoms with Gasteiger partial charge < -0.3 is 10.1 Å². The molecule has 2 unspecified atom stereocenters. The van der Waals surface area contributed by atoms with Crippen LogP contribution in [-0.2, 0) is 4.79 Å². The van der Waals surface area contributed by atoms with E-state index >= 15 is 0 Å². The lowest BCUT2D eigenvalue weighted by molar-refractivity contribution is -0.119. The van der Waals surface area contributed by atoms with Crippen molar-refractivity contribution in [3.63, 3.8) is 0 Å². The molecule has 150 valence electrons. The molecule has 0 spiro atoms. The number of amides is 1. The first-order valence-electron chi connectivity index (χ1n) is 9.20. The molecular weight excluding hydrogens is 391 g/mol. The zero-order valence-corrected chi connectivity index (χ0v) is 16.8. The van der Waals surface area contributed by atoms with Gasteiger partial charge in [-0.3, -0.25) is 10.2 Å². The summed E-state index contributed by atoms with van der Waals surface area (Å²) in [6.07, 6.45) is 0. The second kappa shape index (κ2) is 8.28. The normalized spacial score (nSPS) is 18.6. The molecule has 0 radical (unpaired) electrons. The van der Waals surface area contributed by atoms with Crippen LogP contribution >= 0.6 is 11.3 Å². The molecule has 0 saturated carbocycles. The molecule has 4 rings (SSSR count). The van der Waals surface area contributed by atoms with Crippen molar-refractivity contribution in [3.05, 3.63) is 64.8 Å². The van der Waals surface area contributed by atoms with E-state index in [1.807, 2.05) is 30.5 Å². The van der Waals surface area contributed by atoms with E-state index in [-0.39, 0.29) is 23.7 Å². The second-order valence-electron chi connectivity index (χ2n) is 6.89. The van der Waals surface area contributed by atoms with Gasteiger partial charge in [-0.05, 0) is 36.8 Å². The quantitative estimate of drug-likeness (QED) is 0.596. The number of nitrogens with zero attached hydrogens (tertiary/aromatic N) is 1. The molecule has 0 aliphatic carbocycles. The molecule has 2 aromatic carbocycles. The summed E-state index contributed by atoms with van der Waals surface area (Å²) in [4.78, 5) is 17.4. The summed E-state index contributed by atoms with van der Waals surface area (Å²) in [5.74, 6) is -0.0582. The van der Waals surface area contributed by atoms with Gasteiger partial charge in [0.05, 0.1) is 24.8 Å². The van der Waals surface area contributed by atoms with E-state index in [4.69, 9.17) is 4.74 Å². The average Bonchev–Trinajstić information content (AvgIpc) is 3.38. The maximum Gasteiger partial charge on any atom is 0.232 e. The Morgan fingerprint density at radius 2 is 2.07 bits per heavy atom. The topological polar surface area (TPSA) is 75.3 Å². The van der Waals surface area contributed by atoms with Crippen molar-refractivity contribution in [3.8, 4) is 17.0 Å². The molecule has 0 bridgehead atoms. The van der Waals surface area contributed by atoms with E-state index in [0.717, 1.165) is 28.1 Å². The molecule has 8 heteroatoms. The molecule has 2 atom stereocenters. The first-order valence-corrected chi connectivity index (χ1v) is 10.1. The first kappa shape index (κ1) is 19.5. The summed E-state index contributed by atoms with van der Waals surface area (Å²) in [5, 5.41) is 5.34. The summed E-state index contributed by atoms with van der Waals surface area (Å²) >= 11 is 1.37. The van der Waals surface area contributed by atoms with Gasteiger partial charge >= 0.3 is 0 Å². The summed E-state index contributed by atoms with van der Waals surface area (Å²) in [7, 11) is 1.62. The molecule has 2 heterocycles. The molecule has 3 aromatic rings. The number of thiazole rings is 1. The number of ether oxygens (including phenoxy) is 1. The standard InChI is InChI=1S/C21H21FN4O2S/c1-12-3-8-18(28-2)15(9-12)17-11-29-21(24-17)25-20(27)16-10-23-26-19(16)13-4-6-14(22)7-5-13/h3-9,11,16,19,23,26H,10H2,1-2H3,(H,24,25,27). The van der Waals surface area contributed by atoms with Crippen molar-refractivity contribution in [1.29, 1.82) is 0 Å². The number of aryl methyl sites for hydroxylation is 1. The fourth-order valence-corrected chi connectivity index (χ4v) is 4.12. The van der Waals surface area contributed by atoms with Crippen LogP contribution in [0.3, 0.4) is 0 Å². The first-order chi connectivity index (χ1) is 14.0. The van der Waals surface area contributed by atoms with Crippen LogP contribution < -0.4 is 20.9 Å². The fourth-order valence-electron chi connectivity index (χ4n) is 3.40. The van der Waals surface area contributed by atoms with Crippen LogP contribution in [0.25, 0.3) is 11.3 Å². The van der Waals surface area contributed by atoms with Crippen LogP contribution in [0.5, 0.6) is 5.75 Å². The number of rotatable bonds is 5. The Balaban J connectivity index is 1.51. The van der Waals surface area contributed by atoms with Gasteiger partial charge in [0.25, 0.3) is 0 Å². The van der Waals surface area contributed by atoms with Gasteiger partial charge in [0.1, 0.15) is 11.6 Å². The number of hydrogen-bond donors (Lipinski definition) is 3. The van der Waals surface area contributed by atoms with E-state index in [1.54, 1.807) is 19.2 Å². The van der Waals surface area contributed by atoms with Gasteiger partial charge in [-0.15, -0.1) is 11.3 Å². The number of carbonyl (C=O) groups is 1. The van der Waals surface area contributed by atoms with Gasteiger partial charge in [-0.25, -0.2) is 14.8 Å². The number of nitrogens with one attached hydrogen (secondary N) is 3. The molecule has 1 saturated heterocycles. The number of anilines is 1. The summed E-state index contributed by atoms with van der Waals surface area (Å²) in [6.45, 7) is 2.48. The number of hydrazine groups is 1. The number of aromatic nitrogens is 1. The smallest absolute Gasteiger partial charge is 0.232 e. The van der Waals surface area contributed by atoms with Crippen molar-refractivity contribution < 1.29 is 13.9 Å². The Hall–Kier alpha value is -2.81. The molecule has 1 fully saturated rings. The second-order valence-corrected chi connectivity index (χ2v) is 7.75. The molecule has 1 aliphatic rings. The zero-order chi connectivity index (χ0) is 20.4. The van der Waals surface area contributed by atoms with Gasteiger partial charge in [0, 0.05) is 17.5 Å². The highest BCUT2D eigenvalue weighted by Crippen LogP contribution is 2.33. The van der Waals surface area contributed by atoms with Crippen molar-refractivity contribution >= 4 is 22.4 Å². The molecule has 1 aliphatic heterocycles. The molecule has 1 amide bonds. The Labute approximate surface area is 172 Å². The van der Waals surface area contributed by atoms with Crippen LogP contribution in [0.1, 0.15) is 17.2 Å². The van der Waals surface area contributed by atoms with Gasteiger partial charge in [0.15, 0.2) is 5.13 Å². The molecule has 1 aromatic heterocycles. The van der Waals surface area contributed by atoms with Gasteiger partial charge in [-0.1, -0.05) is 23.8 Å². The van der Waals surface area contributed by atoms with Gasteiger partial charge in [0.2, 0.25) is 5.91 Å². The van der Waals surface area contributed by atoms with Crippen LogP contribution in [0, 0.1) is 18.7 Å². The minimum atomic E-state index is -0.346. The minimum Gasteiger partial charge on any atom is -0.496 e. The Morgan fingerprint density at radius 1 is 1.28 bits per heavy atom. The minimum absolute atomic E-state index is 0.145. The SMILES string of the molecule is COc1ccc(C)cc1-c1csc(NC(=O)C2CNNC2c2ccc(F)cc2)n1. The summed E-state index contributed by atoms with van der Waals surface area (Å²) in [5.41, 5.74) is 9.70. The van der Waals surface area contributed by atoms with Crippen molar-refractivity contribution in [2.45, 2.75) is 13.0 Å². The van der Waals surface area contributed by atoms with E-state index in [2.05, 4.69) is 21.2 Å². The number of hydrogen-bond acceptors (Lipinski definition) is 6. The lowest BCUT2D eigenvalue weighted by Crippen LogP contribution is -2.29. The summed E-state index contributed by atoms with van der Waals surface area (Å²) in [6, 6.07) is 11.8. The third-order valence-corrected chi connectivity index (χ3v) is 5.67. The molecular formula is C21H21FN4O2S. The highest BCUT2D eigenvalue weighted by atomic mass is 32.1. The average molecular weight is 412 g/mol. The monoisotopic (exact) mass is 412 g/mol. The van der Waals surface area contributed by atoms with Crippen molar-refractivity contribution in [2.24, 2.45) is 5.92 Å².